The fourth-order valence-corrected chi connectivity index (χ4v) is 3.98. The largest absolute Gasteiger partial charge is 0.383 e. The molecule has 1 saturated carbocycles. The summed E-state index contributed by atoms with van der Waals surface area (Å²) in [7, 11) is 3.12. The summed E-state index contributed by atoms with van der Waals surface area (Å²) in [4.78, 5) is 37.8. The van der Waals surface area contributed by atoms with Gasteiger partial charge in [0.1, 0.15) is 4.83 Å². The first-order valence-electron chi connectivity index (χ1n) is 7.30. The van der Waals surface area contributed by atoms with Crippen molar-refractivity contribution in [3.05, 3.63) is 31.3 Å². The Bertz CT molecular complexity index is 879. The van der Waals surface area contributed by atoms with Crippen molar-refractivity contribution in [3.63, 3.8) is 0 Å². The molecule has 0 saturated heterocycles. The first kappa shape index (κ1) is 16.1. The van der Waals surface area contributed by atoms with Crippen molar-refractivity contribution in [2.24, 2.45) is 0 Å². The van der Waals surface area contributed by atoms with Gasteiger partial charge in [0.15, 0.2) is 6.29 Å². The number of methoxy groups -OCH3 is 2. The zero-order valence-corrected chi connectivity index (χ0v) is 14.0. The van der Waals surface area contributed by atoms with E-state index in [1.165, 1.54) is 20.5 Å². The molecule has 0 spiro atoms. The summed E-state index contributed by atoms with van der Waals surface area (Å²) in [5.41, 5.74) is -0.0904. The van der Waals surface area contributed by atoms with Crippen molar-refractivity contribution < 1.29 is 14.3 Å². The standard InChI is InChI=1S/C15H18N2O5S/c1-8-11(7-18)23-14-12(8)13(19)17(9-6-10(9)22-3)15(20)16(14)4-5-21-2/h7,9-10H,4-6H2,1-3H3. The second-order valence-corrected chi connectivity index (χ2v) is 6.60. The number of thiophene rings is 1. The van der Waals surface area contributed by atoms with Crippen LogP contribution in [0.25, 0.3) is 10.2 Å². The van der Waals surface area contributed by atoms with Crippen LogP contribution in [0.2, 0.25) is 0 Å². The highest BCUT2D eigenvalue weighted by molar-refractivity contribution is 7.20. The lowest BCUT2D eigenvalue weighted by Gasteiger charge is -2.11. The molecule has 1 aliphatic rings. The van der Waals surface area contributed by atoms with E-state index in [0.29, 0.717) is 40.2 Å². The van der Waals surface area contributed by atoms with E-state index in [9.17, 15) is 14.4 Å². The van der Waals surface area contributed by atoms with Crippen LogP contribution in [0.15, 0.2) is 9.59 Å². The Kier molecular flexibility index (Phi) is 4.22. The van der Waals surface area contributed by atoms with E-state index in [4.69, 9.17) is 9.47 Å². The Labute approximate surface area is 136 Å². The second-order valence-electron chi connectivity index (χ2n) is 5.57. The maximum absolute atomic E-state index is 12.8. The number of carbonyl (C=O) groups excluding carboxylic acids is 1. The van der Waals surface area contributed by atoms with Gasteiger partial charge in [0, 0.05) is 14.2 Å². The molecular weight excluding hydrogens is 320 g/mol. The summed E-state index contributed by atoms with van der Waals surface area (Å²) in [6, 6.07) is -0.239. The minimum atomic E-state index is -0.372. The summed E-state index contributed by atoms with van der Waals surface area (Å²) < 4.78 is 13.1. The zero-order valence-electron chi connectivity index (χ0n) is 13.2. The smallest absolute Gasteiger partial charge is 0.332 e. The topological polar surface area (TPSA) is 79.5 Å². The Balaban J connectivity index is 2.32. The number of rotatable bonds is 6. The van der Waals surface area contributed by atoms with Crippen LogP contribution in [0.1, 0.15) is 27.7 Å². The maximum Gasteiger partial charge on any atom is 0.332 e. The van der Waals surface area contributed by atoms with Crippen LogP contribution >= 0.6 is 11.3 Å². The SMILES string of the molecule is COCCn1c(=O)n(C2CC2OC)c(=O)c2c(C)c(C=O)sc21. The normalized spacial score (nSPS) is 20.1. The van der Waals surface area contributed by atoms with Crippen LogP contribution in [-0.4, -0.2) is 42.4 Å². The summed E-state index contributed by atoms with van der Waals surface area (Å²) >= 11 is 1.17. The van der Waals surface area contributed by atoms with Crippen molar-refractivity contribution in [2.75, 3.05) is 20.8 Å². The zero-order chi connectivity index (χ0) is 16.7. The maximum atomic E-state index is 12.8. The number of aromatic nitrogens is 2. The van der Waals surface area contributed by atoms with Crippen LogP contribution in [0.5, 0.6) is 0 Å². The third-order valence-electron chi connectivity index (χ3n) is 4.24. The molecule has 0 aliphatic heterocycles. The Hall–Kier alpha value is -1.77. The molecule has 7 nitrogen and oxygen atoms in total. The van der Waals surface area contributed by atoms with Gasteiger partial charge in [0.2, 0.25) is 0 Å². The first-order valence-corrected chi connectivity index (χ1v) is 8.12. The average Bonchev–Trinajstić information content (AvgIpc) is 3.23. The lowest BCUT2D eigenvalue weighted by Crippen LogP contribution is -2.40. The molecule has 0 radical (unpaired) electrons. The third kappa shape index (κ3) is 2.46. The van der Waals surface area contributed by atoms with Gasteiger partial charge in [-0.2, -0.15) is 0 Å². The van der Waals surface area contributed by atoms with Gasteiger partial charge in [-0.25, -0.2) is 4.79 Å². The van der Waals surface area contributed by atoms with E-state index in [-0.39, 0.29) is 23.4 Å². The minimum absolute atomic E-state index is 0.113. The summed E-state index contributed by atoms with van der Waals surface area (Å²) in [6.07, 6.45) is 1.26. The predicted octanol–water partition coefficient (Wildman–Crippen LogP) is 0.952. The molecule has 1 aliphatic carbocycles. The molecule has 1 fully saturated rings. The van der Waals surface area contributed by atoms with Crippen LogP contribution in [0.3, 0.4) is 0 Å². The molecule has 2 atom stereocenters. The highest BCUT2D eigenvalue weighted by atomic mass is 32.1. The number of aryl methyl sites for hydroxylation is 1. The van der Waals surface area contributed by atoms with Crippen molar-refractivity contribution >= 4 is 27.8 Å². The monoisotopic (exact) mass is 338 g/mol. The van der Waals surface area contributed by atoms with Gasteiger partial charge >= 0.3 is 5.69 Å². The predicted molar refractivity (Wildman–Crippen MR) is 86.8 cm³/mol. The molecule has 2 aromatic heterocycles. The van der Waals surface area contributed by atoms with Crippen molar-refractivity contribution in [1.82, 2.24) is 9.13 Å². The van der Waals surface area contributed by atoms with E-state index in [0.717, 1.165) is 6.29 Å². The van der Waals surface area contributed by atoms with Gasteiger partial charge in [-0.3, -0.25) is 18.7 Å². The molecule has 2 heterocycles. The van der Waals surface area contributed by atoms with Gasteiger partial charge in [-0.1, -0.05) is 0 Å². The molecule has 2 aromatic rings. The molecule has 8 heteroatoms. The molecular formula is C15H18N2O5S. The van der Waals surface area contributed by atoms with Gasteiger partial charge in [-0.05, 0) is 18.9 Å². The molecule has 0 N–H and O–H groups in total. The first-order chi connectivity index (χ1) is 11.0. The number of hydrogen-bond acceptors (Lipinski definition) is 6. The summed E-state index contributed by atoms with van der Waals surface area (Å²) in [5.74, 6) is 0. The highest BCUT2D eigenvalue weighted by Crippen LogP contribution is 2.37. The lowest BCUT2D eigenvalue weighted by atomic mass is 10.2. The molecule has 3 rings (SSSR count). The van der Waals surface area contributed by atoms with Gasteiger partial charge < -0.3 is 9.47 Å². The Morgan fingerprint density at radius 1 is 1.35 bits per heavy atom. The van der Waals surface area contributed by atoms with Gasteiger partial charge in [0.05, 0.1) is 35.6 Å². The average molecular weight is 338 g/mol. The molecule has 0 aromatic carbocycles. The quantitative estimate of drug-likeness (QED) is 0.733. The number of aldehydes is 1. The van der Waals surface area contributed by atoms with Crippen molar-refractivity contribution in [3.8, 4) is 0 Å². The second kappa shape index (κ2) is 6.03. The van der Waals surface area contributed by atoms with E-state index in [1.54, 1.807) is 21.1 Å². The molecule has 0 amide bonds. The highest BCUT2D eigenvalue weighted by Gasteiger charge is 2.42. The summed E-state index contributed by atoms with van der Waals surface area (Å²) in [5, 5.41) is 0.439. The third-order valence-corrected chi connectivity index (χ3v) is 5.48. The molecule has 2 unspecified atom stereocenters. The van der Waals surface area contributed by atoms with Crippen LogP contribution < -0.4 is 11.2 Å². The van der Waals surface area contributed by atoms with Gasteiger partial charge in [0.25, 0.3) is 5.56 Å². The lowest BCUT2D eigenvalue weighted by molar-refractivity contribution is 0.112. The Morgan fingerprint density at radius 2 is 2.09 bits per heavy atom. The summed E-state index contributed by atoms with van der Waals surface area (Å²) in [6.45, 7) is 2.41. The van der Waals surface area contributed by atoms with Crippen LogP contribution in [-0.2, 0) is 16.0 Å². The number of ether oxygens (including phenoxy) is 2. The Morgan fingerprint density at radius 3 is 2.65 bits per heavy atom. The fraction of sp³-hybridized carbons (Fsp3) is 0.533. The van der Waals surface area contributed by atoms with E-state index >= 15 is 0 Å². The number of fused-ring (bicyclic) bond motifs is 1. The minimum Gasteiger partial charge on any atom is -0.383 e. The number of carbonyl (C=O) groups is 1. The van der Waals surface area contributed by atoms with Crippen LogP contribution in [0, 0.1) is 6.92 Å². The van der Waals surface area contributed by atoms with E-state index in [1.807, 2.05) is 0 Å². The number of nitrogens with zero attached hydrogens (tertiary/aromatic N) is 2. The van der Waals surface area contributed by atoms with Crippen LogP contribution in [0.4, 0.5) is 0 Å². The van der Waals surface area contributed by atoms with Crippen molar-refractivity contribution in [1.29, 1.82) is 0 Å². The van der Waals surface area contributed by atoms with Crippen molar-refractivity contribution in [2.45, 2.75) is 32.0 Å². The number of hydrogen-bond donors (Lipinski definition) is 0. The van der Waals surface area contributed by atoms with E-state index < -0.39 is 0 Å². The fourth-order valence-electron chi connectivity index (χ4n) is 2.85. The van der Waals surface area contributed by atoms with Gasteiger partial charge in [-0.15, -0.1) is 11.3 Å². The molecule has 0 bridgehead atoms. The molecule has 124 valence electrons. The van der Waals surface area contributed by atoms with E-state index in [2.05, 4.69) is 0 Å². The molecule has 23 heavy (non-hydrogen) atoms.